The van der Waals surface area contributed by atoms with Crippen LogP contribution in [-0.2, 0) is 20.9 Å². The van der Waals surface area contributed by atoms with Crippen molar-refractivity contribution in [1.29, 1.82) is 0 Å². The van der Waals surface area contributed by atoms with E-state index in [1.54, 1.807) is 30.3 Å². The maximum Gasteiger partial charge on any atom is 0.408 e. The number of hydrogen-bond donors (Lipinski definition) is 2. The molecule has 0 unspecified atom stereocenters. The van der Waals surface area contributed by atoms with Crippen LogP contribution in [0.25, 0.3) is 0 Å². The van der Waals surface area contributed by atoms with E-state index in [4.69, 9.17) is 15.2 Å². The molecule has 0 saturated carbocycles. The highest BCUT2D eigenvalue weighted by Crippen LogP contribution is 2.05. The van der Waals surface area contributed by atoms with Gasteiger partial charge in [-0.2, -0.15) is 0 Å². The zero-order valence-corrected chi connectivity index (χ0v) is 15.5. The zero-order chi connectivity index (χ0) is 20.2. The molecule has 0 saturated heterocycles. The molecule has 148 valence electrons. The van der Waals surface area contributed by atoms with E-state index < -0.39 is 24.7 Å². The summed E-state index contributed by atoms with van der Waals surface area (Å²) in [5, 5.41) is 2.48. The smallest absolute Gasteiger partial charge is 0.408 e. The molecule has 0 radical (unpaired) electrons. The van der Waals surface area contributed by atoms with E-state index in [1.807, 2.05) is 30.3 Å². The maximum absolute atomic E-state index is 12.3. The van der Waals surface area contributed by atoms with E-state index >= 15 is 0 Å². The van der Waals surface area contributed by atoms with Crippen molar-refractivity contribution >= 4 is 17.8 Å². The van der Waals surface area contributed by atoms with Gasteiger partial charge in [-0.15, -0.1) is 0 Å². The Balaban J connectivity index is 1.85. The molecule has 2 aromatic rings. The lowest BCUT2D eigenvalue weighted by molar-refractivity contribution is -0.145. The Hall–Kier alpha value is -3.19. The second-order valence-corrected chi connectivity index (χ2v) is 6.09. The van der Waals surface area contributed by atoms with Crippen LogP contribution in [0.2, 0.25) is 0 Å². The van der Waals surface area contributed by atoms with Crippen molar-refractivity contribution in [2.45, 2.75) is 25.5 Å². The lowest BCUT2D eigenvalue weighted by atomic mass is 10.1. The number of Topliss-reactive ketones (excluding diaryl/α,β-unsaturated/α-hetero) is 1. The first-order valence-electron chi connectivity index (χ1n) is 9.02. The highest BCUT2D eigenvalue weighted by Gasteiger charge is 2.23. The highest BCUT2D eigenvalue weighted by molar-refractivity contribution is 5.98. The molecule has 2 aromatic carbocycles. The van der Waals surface area contributed by atoms with Crippen molar-refractivity contribution in [1.82, 2.24) is 5.32 Å². The van der Waals surface area contributed by atoms with Crippen molar-refractivity contribution in [2.24, 2.45) is 5.73 Å². The molecule has 7 heteroatoms. The summed E-state index contributed by atoms with van der Waals surface area (Å²) in [5.74, 6) is -1.02. The fraction of sp³-hybridized carbons (Fsp3) is 0.286. The van der Waals surface area contributed by atoms with Gasteiger partial charge in [0.25, 0.3) is 0 Å². The minimum atomic E-state index is -0.935. The average molecular weight is 384 g/mol. The first kappa shape index (κ1) is 21.1. The largest absolute Gasteiger partial charge is 0.456 e. The Morgan fingerprint density at radius 1 is 0.929 bits per heavy atom. The molecule has 1 atom stereocenters. The molecule has 0 heterocycles. The summed E-state index contributed by atoms with van der Waals surface area (Å²) >= 11 is 0. The summed E-state index contributed by atoms with van der Waals surface area (Å²) in [6.07, 6.45) is 0.0536. The standard InChI is InChI=1S/C21H24N2O5/c22-13-7-12-18(23-21(26)28-14-16-8-3-1-4-9-16)20(25)27-15-19(24)17-10-5-2-6-11-17/h1-6,8-11,18H,7,12-15,22H2,(H,23,26)/t18-/m0/s1. The average Bonchev–Trinajstić information content (AvgIpc) is 2.74. The minimum Gasteiger partial charge on any atom is -0.456 e. The monoisotopic (exact) mass is 384 g/mol. The van der Waals surface area contributed by atoms with Crippen LogP contribution in [0.5, 0.6) is 0 Å². The number of carbonyl (C=O) groups is 3. The Morgan fingerprint density at radius 3 is 2.21 bits per heavy atom. The van der Waals surface area contributed by atoms with E-state index in [2.05, 4.69) is 5.32 Å². The van der Waals surface area contributed by atoms with Gasteiger partial charge >= 0.3 is 12.1 Å². The van der Waals surface area contributed by atoms with E-state index in [0.29, 0.717) is 18.5 Å². The van der Waals surface area contributed by atoms with Crippen molar-refractivity contribution in [2.75, 3.05) is 13.2 Å². The van der Waals surface area contributed by atoms with Crippen molar-refractivity contribution in [3.63, 3.8) is 0 Å². The number of ether oxygens (including phenoxy) is 2. The maximum atomic E-state index is 12.3. The molecule has 0 bridgehead atoms. The molecule has 0 fully saturated rings. The number of amides is 1. The summed E-state index contributed by atoms with van der Waals surface area (Å²) in [4.78, 5) is 36.4. The van der Waals surface area contributed by atoms with Gasteiger partial charge in [0, 0.05) is 5.56 Å². The van der Waals surface area contributed by atoms with Gasteiger partial charge in [0.15, 0.2) is 12.4 Å². The van der Waals surface area contributed by atoms with Crippen LogP contribution in [0.3, 0.4) is 0 Å². The van der Waals surface area contributed by atoms with Crippen molar-refractivity contribution in [3.8, 4) is 0 Å². The number of benzene rings is 2. The lowest BCUT2D eigenvalue weighted by Gasteiger charge is -2.17. The van der Waals surface area contributed by atoms with Gasteiger partial charge in [-0.3, -0.25) is 4.79 Å². The molecular weight excluding hydrogens is 360 g/mol. The zero-order valence-electron chi connectivity index (χ0n) is 15.5. The van der Waals surface area contributed by atoms with Crippen LogP contribution in [0, 0.1) is 0 Å². The number of rotatable bonds is 10. The summed E-state index contributed by atoms with van der Waals surface area (Å²) in [7, 11) is 0. The number of esters is 1. The third-order valence-corrected chi connectivity index (χ3v) is 3.93. The van der Waals surface area contributed by atoms with Crippen LogP contribution in [-0.4, -0.2) is 37.0 Å². The predicted octanol–water partition coefficient (Wildman–Crippen LogP) is 2.45. The minimum absolute atomic E-state index is 0.0812. The SMILES string of the molecule is NCCC[C@H](NC(=O)OCc1ccccc1)C(=O)OCC(=O)c1ccccc1. The van der Waals surface area contributed by atoms with E-state index in [0.717, 1.165) is 5.56 Å². The van der Waals surface area contributed by atoms with Crippen molar-refractivity contribution in [3.05, 3.63) is 71.8 Å². The Morgan fingerprint density at radius 2 is 1.57 bits per heavy atom. The van der Waals surface area contributed by atoms with Crippen molar-refractivity contribution < 1.29 is 23.9 Å². The topological polar surface area (TPSA) is 108 Å². The molecule has 28 heavy (non-hydrogen) atoms. The number of ketones is 1. The first-order valence-corrected chi connectivity index (χ1v) is 9.02. The molecule has 0 aliphatic rings. The fourth-order valence-electron chi connectivity index (χ4n) is 2.42. The molecule has 0 aromatic heterocycles. The third-order valence-electron chi connectivity index (χ3n) is 3.93. The van der Waals surface area contributed by atoms with Crippen LogP contribution >= 0.6 is 0 Å². The number of nitrogens with two attached hydrogens (primary N) is 1. The molecule has 0 spiro atoms. The van der Waals surface area contributed by atoms with Crippen LogP contribution in [0.15, 0.2) is 60.7 Å². The van der Waals surface area contributed by atoms with E-state index in [9.17, 15) is 14.4 Å². The quantitative estimate of drug-likeness (QED) is 0.481. The molecular formula is C21H24N2O5. The normalized spacial score (nSPS) is 11.3. The van der Waals surface area contributed by atoms with Crippen LogP contribution < -0.4 is 11.1 Å². The second kappa shape index (κ2) is 11.5. The Labute approximate surface area is 163 Å². The van der Waals surface area contributed by atoms with Crippen LogP contribution in [0.4, 0.5) is 4.79 Å². The molecule has 7 nitrogen and oxygen atoms in total. The summed E-state index contributed by atoms with van der Waals surface area (Å²) in [6.45, 7) is 0.0357. The summed E-state index contributed by atoms with van der Waals surface area (Å²) in [5.41, 5.74) is 6.76. The fourth-order valence-corrected chi connectivity index (χ4v) is 2.42. The highest BCUT2D eigenvalue weighted by atomic mass is 16.6. The number of alkyl carbamates (subject to hydrolysis) is 1. The van der Waals surface area contributed by atoms with E-state index in [1.165, 1.54) is 0 Å². The number of carbonyl (C=O) groups excluding carboxylic acids is 3. The predicted molar refractivity (Wildman–Crippen MR) is 104 cm³/mol. The molecule has 1 amide bonds. The summed E-state index contributed by atoms with van der Waals surface area (Å²) in [6, 6.07) is 16.8. The molecule has 2 rings (SSSR count). The lowest BCUT2D eigenvalue weighted by Crippen LogP contribution is -2.42. The molecule has 0 aliphatic heterocycles. The van der Waals surface area contributed by atoms with Gasteiger partial charge in [0.1, 0.15) is 12.6 Å². The number of nitrogens with one attached hydrogen (secondary N) is 1. The Bertz CT molecular complexity index is 765. The number of hydrogen-bond acceptors (Lipinski definition) is 6. The van der Waals surface area contributed by atoms with Crippen LogP contribution in [0.1, 0.15) is 28.8 Å². The van der Waals surface area contributed by atoms with Gasteiger partial charge in [-0.05, 0) is 24.9 Å². The first-order chi connectivity index (χ1) is 13.6. The second-order valence-electron chi connectivity index (χ2n) is 6.09. The third kappa shape index (κ3) is 7.20. The molecule has 3 N–H and O–H groups in total. The Kier molecular flexibility index (Phi) is 8.68. The molecule has 0 aliphatic carbocycles. The summed E-state index contributed by atoms with van der Waals surface area (Å²) < 4.78 is 10.2. The van der Waals surface area contributed by atoms with Gasteiger partial charge < -0.3 is 20.5 Å². The van der Waals surface area contributed by atoms with Gasteiger partial charge in [0.2, 0.25) is 0 Å². The van der Waals surface area contributed by atoms with E-state index in [-0.39, 0.29) is 18.8 Å². The van der Waals surface area contributed by atoms with Gasteiger partial charge in [0.05, 0.1) is 0 Å². The van der Waals surface area contributed by atoms with Gasteiger partial charge in [-0.25, -0.2) is 9.59 Å². The van der Waals surface area contributed by atoms with Gasteiger partial charge in [-0.1, -0.05) is 60.7 Å².